The number of rotatable bonds is 2. The number of urea groups is 1. The maximum atomic E-state index is 12.7. The van der Waals surface area contributed by atoms with E-state index in [9.17, 15) is 14.4 Å². The first-order valence-corrected chi connectivity index (χ1v) is 8.97. The molecule has 4 rings (SSSR count). The van der Waals surface area contributed by atoms with Crippen molar-refractivity contribution < 1.29 is 14.4 Å². The minimum atomic E-state index is -0.850. The fourth-order valence-electron chi connectivity index (χ4n) is 4.10. The molecule has 136 valence electrons. The smallest absolute Gasteiger partial charge is 0.344 e. The molecule has 1 spiro atoms. The van der Waals surface area contributed by atoms with Crippen LogP contribution < -0.4 is 10.7 Å². The summed E-state index contributed by atoms with van der Waals surface area (Å²) < 4.78 is 0. The normalized spacial score (nSPS) is 19.2. The number of aromatic nitrogens is 1. The molecule has 1 aromatic carbocycles. The number of imide groups is 1. The molecule has 2 aliphatic rings. The number of hydrogen-bond acceptors (Lipinski definition) is 3. The van der Waals surface area contributed by atoms with E-state index in [1.807, 2.05) is 26.0 Å². The number of hydrogen-bond donors (Lipinski definition) is 3. The van der Waals surface area contributed by atoms with Crippen molar-refractivity contribution in [2.75, 3.05) is 0 Å². The molecule has 0 bridgehead atoms. The van der Waals surface area contributed by atoms with Gasteiger partial charge in [0.1, 0.15) is 11.2 Å². The second kappa shape index (κ2) is 5.86. The van der Waals surface area contributed by atoms with E-state index in [4.69, 9.17) is 0 Å². The quantitative estimate of drug-likeness (QED) is 0.724. The summed E-state index contributed by atoms with van der Waals surface area (Å²) in [5, 5.41) is 4.56. The fourth-order valence-corrected chi connectivity index (χ4v) is 4.10. The molecule has 2 heterocycles. The predicted molar refractivity (Wildman–Crippen MR) is 96.4 cm³/mol. The molecule has 1 aliphatic heterocycles. The highest BCUT2D eigenvalue weighted by molar-refractivity contribution is 6.09. The largest absolute Gasteiger partial charge is 0.350 e. The molecule has 2 aromatic rings. The maximum absolute atomic E-state index is 12.7. The average Bonchev–Trinajstić information content (AvgIpc) is 3.11. The Hall–Kier alpha value is -2.83. The van der Waals surface area contributed by atoms with Crippen molar-refractivity contribution in [3.63, 3.8) is 0 Å². The van der Waals surface area contributed by atoms with Crippen LogP contribution in [0.15, 0.2) is 18.2 Å². The van der Waals surface area contributed by atoms with Gasteiger partial charge in [-0.15, -0.1) is 0 Å². The minimum Gasteiger partial charge on any atom is -0.350 e. The highest BCUT2D eigenvalue weighted by Crippen LogP contribution is 2.33. The number of carbonyl (C=O) groups excluding carboxylic acids is 3. The number of nitrogens with zero attached hydrogens (tertiary/aromatic N) is 1. The van der Waals surface area contributed by atoms with Gasteiger partial charge in [-0.3, -0.25) is 15.0 Å². The maximum Gasteiger partial charge on any atom is 0.344 e. The summed E-state index contributed by atoms with van der Waals surface area (Å²) in [5.74, 6) is -0.867. The molecular weight excluding hydrogens is 332 g/mol. The number of aryl methyl sites for hydroxylation is 2. The van der Waals surface area contributed by atoms with Gasteiger partial charge in [-0.05, 0) is 49.9 Å². The second-order valence-electron chi connectivity index (χ2n) is 7.38. The van der Waals surface area contributed by atoms with Crippen molar-refractivity contribution in [1.82, 2.24) is 20.7 Å². The van der Waals surface area contributed by atoms with E-state index in [0.29, 0.717) is 18.5 Å². The van der Waals surface area contributed by atoms with Gasteiger partial charge in [-0.1, -0.05) is 25.3 Å². The van der Waals surface area contributed by atoms with Gasteiger partial charge in [-0.2, -0.15) is 5.01 Å². The molecule has 3 N–H and O–H groups in total. The zero-order chi connectivity index (χ0) is 18.5. The van der Waals surface area contributed by atoms with Crippen LogP contribution >= 0.6 is 0 Å². The Kier molecular flexibility index (Phi) is 3.75. The third-order valence-corrected chi connectivity index (χ3v) is 5.42. The van der Waals surface area contributed by atoms with Gasteiger partial charge in [0.15, 0.2) is 0 Å². The molecule has 7 heteroatoms. The van der Waals surface area contributed by atoms with Crippen molar-refractivity contribution in [3.05, 3.63) is 35.0 Å². The number of nitrogens with one attached hydrogen (secondary N) is 3. The van der Waals surface area contributed by atoms with Crippen LogP contribution in [0.25, 0.3) is 10.9 Å². The van der Waals surface area contributed by atoms with Crippen LogP contribution in [0.4, 0.5) is 4.79 Å². The van der Waals surface area contributed by atoms with Gasteiger partial charge in [0, 0.05) is 10.9 Å². The van der Waals surface area contributed by atoms with Crippen LogP contribution in [0, 0.1) is 13.8 Å². The summed E-state index contributed by atoms with van der Waals surface area (Å²) in [6, 6.07) is 5.19. The van der Waals surface area contributed by atoms with Gasteiger partial charge in [0.25, 0.3) is 11.8 Å². The highest BCUT2D eigenvalue weighted by Gasteiger charge is 2.52. The molecule has 1 aromatic heterocycles. The first-order chi connectivity index (χ1) is 12.4. The average molecular weight is 354 g/mol. The van der Waals surface area contributed by atoms with Crippen molar-refractivity contribution in [2.45, 2.75) is 51.5 Å². The summed E-state index contributed by atoms with van der Waals surface area (Å²) in [5.41, 5.74) is 4.94. The summed E-state index contributed by atoms with van der Waals surface area (Å²) in [6.07, 6.45) is 4.09. The zero-order valence-corrected chi connectivity index (χ0v) is 14.9. The van der Waals surface area contributed by atoms with Crippen LogP contribution in [0.2, 0.25) is 0 Å². The van der Waals surface area contributed by atoms with E-state index in [0.717, 1.165) is 46.3 Å². The molecule has 0 unspecified atom stereocenters. The van der Waals surface area contributed by atoms with Gasteiger partial charge in [0.05, 0.1) is 0 Å². The van der Waals surface area contributed by atoms with Crippen LogP contribution in [0.3, 0.4) is 0 Å². The summed E-state index contributed by atoms with van der Waals surface area (Å²) >= 11 is 0. The first-order valence-electron chi connectivity index (χ1n) is 8.97. The van der Waals surface area contributed by atoms with Gasteiger partial charge >= 0.3 is 6.03 Å². The Balaban J connectivity index is 1.57. The molecule has 1 saturated heterocycles. The monoisotopic (exact) mass is 354 g/mol. The lowest BCUT2D eigenvalue weighted by atomic mass is 9.82. The van der Waals surface area contributed by atoms with E-state index >= 15 is 0 Å². The van der Waals surface area contributed by atoms with E-state index in [2.05, 4.69) is 15.7 Å². The lowest BCUT2D eigenvalue weighted by molar-refractivity contribution is -0.134. The topological polar surface area (TPSA) is 94.3 Å². The number of amides is 4. The van der Waals surface area contributed by atoms with Crippen LogP contribution in [0.1, 0.15) is 53.7 Å². The number of fused-ring (bicyclic) bond motifs is 1. The number of aromatic amines is 1. The van der Waals surface area contributed by atoms with E-state index in [1.54, 1.807) is 6.07 Å². The molecular formula is C19H22N4O3. The Bertz CT molecular complexity index is 924. The molecule has 0 radical (unpaired) electrons. The van der Waals surface area contributed by atoms with Gasteiger partial charge in [-0.25, -0.2) is 4.79 Å². The van der Waals surface area contributed by atoms with Crippen molar-refractivity contribution in [1.29, 1.82) is 0 Å². The van der Waals surface area contributed by atoms with Crippen molar-refractivity contribution >= 4 is 28.7 Å². The Morgan fingerprint density at radius 2 is 1.85 bits per heavy atom. The van der Waals surface area contributed by atoms with Gasteiger partial charge < -0.3 is 10.3 Å². The second-order valence-corrected chi connectivity index (χ2v) is 7.38. The molecule has 1 aliphatic carbocycles. The fraction of sp³-hybridized carbons (Fsp3) is 0.421. The van der Waals surface area contributed by atoms with E-state index < -0.39 is 17.5 Å². The summed E-state index contributed by atoms with van der Waals surface area (Å²) in [4.78, 5) is 40.7. The third kappa shape index (κ3) is 2.55. The number of H-pyrrole nitrogens is 1. The standard InChI is InChI=1S/C19H22N4O3/c1-11-8-12(2)13-10-15(20-14(13)9-11)16(24)22-23-17(25)19(21-18(23)26)6-4-3-5-7-19/h8-10,20H,3-7H2,1-2H3,(H,21,26)(H,22,24). The molecule has 2 fully saturated rings. The number of benzene rings is 1. The highest BCUT2D eigenvalue weighted by atomic mass is 16.2. The third-order valence-electron chi connectivity index (χ3n) is 5.42. The number of carbonyl (C=O) groups is 3. The SMILES string of the molecule is Cc1cc(C)c2cc(C(=O)NN3C(=O)NC4(CCCCC4)C3=O)[nH]c2c1. The van der Waals surface area contributed by atoms with Crippen LogP contribution in [0.5, 0.6) is 0 Å². The molecule has 26 heavy (non-hydrogen) atoms. The Labute approximate surface area is 151 Å². The van der Waals surface area contributed by atoms with Gasteiger partial charge in [0.2, 0.25) is 0 Å². The molecule has 7 nitrogen and oxygen atoms in total. The lowest BCUT2D eigenvalue weighted by Gasteiger charge is -2.30. The lowest BCUT2D eigenvalue weighted by Crippen LogP contribution is -2.51. The Morgan fingerprint density at radius 1 is 1.12 bits per heavy atom. The molecule has 4 amide bonds. The Morgan fingerprint density at radius 3 is 2.58 bits per heavy atom. The summed E-state index contributed by atoms with van der Waals surface area (Å²) in [7, 11) is 0. The van der Waals surface area contributed by atoms with Crippen molar-refractivity contribution in [3.8, 4) is 0 Å². The number of hydrazine groups is 1. The minimum absolute atomic E-state index is 0.318. The van der Waals surface area contributed by atoms with Crippen molar-refractivity contribution in [2.24, 2.45) is 0 Å². The van der Waals surface area contributed by atoms with E-state index in [-0.39, 0.29) is 5.91 Å². The first kappa shape index (κ1) is 16.6. The van der Waals surface area contributed by atoms with Crippen LogP contribution in [-0.4, -0.2) is 33.4 Å². The summed E-state index contributed by atoms with van der Waals surface area (Å²) in [6.45, 7) is 3.97. The zero-order valence-electron chi connectivity index (χ0n) is 14.9. The van der Waals surface area contributed by atoms with Crippen LogP contribution in [-0.2, 0) is 4.79 Å². The predicted octanol–water partition coefficient (Wildman–Crippen LogP) is 2.68. The molecule has 1 saturated carbocycles. The van der Waals surface area contributed by atoms with E-state index in [1.165, 1.54) is 0 Å². The molecule has 0 atom stereocenters.